The summed E-state index contributed by atoms with van der Waals surface area (Å²) in [6.07, 6.45) is 4.15. The number of rotatable bonds is 7. The zero-order chi connectivity index (χ0) is 19.3. The number of morpholine rings is 1. The first-order valence-electron chi connectivity index (χ1n) is 9.83. The summed E-state index contributed by atoms with van der Waals surface area (Å²) in [5, 5.41) is 0. The molecule has 1 fully saturated rings. The predicted molar refractivity (Wildman–Crippen MR) is 114 cm³/mol. The Labute approximate surface area is 164 Å². The molecule has 3 nitrogen and oxygen atoms in total. The van der Waals surface area contributed by atoms with E-state index in [-0.39, 0.29) is 5.54 Å². The molecule has 3 rings (SSSR count). The highest BCUT2D eigenvalue weighted by Gasteiger charge is 2.31. The Bertz CT molecular complexity index is 702. The maximum absolute atomic E-state index is 5.46. The molecule has 144 valence electrons. The van der Waals surface area contributed by atoms with Gasteiger partial charge in [0.15, 0.2) is 0 Å². The second kappa shape index (κ2) is 8.90. The molecule has 1 saturated heterocycles. The van der Waals surface area contributed by atoms with E-state index in [0.717, 1.165) is 39.1 Å². The van der Waals surface area contributed by atoms with Gasteiger partial charge in [0.25, 0.3) is 0 Å². The van der Waals surface area contributed by atoms with E-state index in [1.54, 1.807) is 0 Å². The number of nitrogens with zero attached hydrogens (tertiary/aromatic N) is 2. The molecule has 0 bridgehead atoms. The Hall–Kier alpha value is -1.84. The molecule has 0 amide bonds. The van der Waals surface area contributed by atoms with Gasteiger partial charge in [-0.25, -0.2) is 0 Å². The van der Waals surface area contributed by atoms with Crippen LogP contribution in [0.5, 0.6) is 0 Å². The Kier molecular flexibility index (Phi) is 6.56. The van der Waals surface area contributed by atoms with Gasteiger partial charge in [0, 0.05) is 30.7 Å². The number of ether oxygens (including phenoxy) is 1. The second-order valence-electron chi connectivity index (χ2n) is 7.75. The van der Waals surface area contributed by atoms with Crippen LogP contribution in [0.4, 0.5) is 5.69 Å². The first-order chi connectivity index (χ1) is 13.0. The molecule has 0 aliphatic carbocycles. The fraction of sp³-hybridized carbons (Fsp3) is 0.417. The van der Waals surface area contributed by atoms with Crippen LogP contribution in [0.15, 0.2) is 48.5 Å². The molecule has 2 radical (unpaired) electrons. The summed E-state index contributed by atoms with van der Waals surface area (Å²) < 4.78 is 5.46. The molecule has 27 heavy (non-hydrogen) atoms. The van der Waals surface area contributed by atoms with Gasteiger partial charge in [-0.3, -0.25) is 0 Å². The molecule has 0 saturated carbocycles. The number of aryl methyl sites for hydroxylation is 1. The van der Waals surface area contributed by atoms with Crippen molar-refractivity contribution in [2.24, 2.45) is 0 Å². The monoisotopic (exact) mass is 364 g/mol. The van der Waals surface area contributed by atoms with Crippen molar-refractivity contribution in [2.45, 2.75) is 25.3 Å². The van der Waals surface area contributed by atoms with Crippen LogP contribution < -0.4 is 4.90 Å². The van der Waals surface area contributed by atoms with Crippen molar-refractivity contribution in [1.29, 1.82) is 0 Å². The molecule has 1 atom stereocenters. The van der Waals surface area contributed by atoms with E-state index >= 15 is 0 Å². The van der Waals surface area contributed by atoms with Crippen LogP contribution in [0.25, 0.3) is 0 Å². The minimum Gasteiger partial charge on any atom is -0.378 e. The summed E-state index contributed by atoms with van der Waals surface area (Å²) in [4.78, 5) is 4.69. The minimum absolute atomic E-state index is 0.101. The number of likely N-dealkylation sites (N-methyl/N-ethyl adjacent to an activating group) is 1. The van der Waals surface area contributed by atoms with Crippen molar-refractivity contribution in [3.05, 3.63) is 78.6 Å². The van der Waals surface area contributed by atoms with Crippen LogP contribution >= 0.6 is 0 Å². The van der Waals surface area contributed by atoms with E-state index in [0.29, 0.717) is 0 Å². The lowest BCUT2D eigenvalue weighted by Gasteiger charge is -2.40. The zero-order valence-corrected chi connectivity index (χ0v) is 16.9. The third-order valence-corrected chi connectivity index (χ3v) is 5.66. The molecule has 0 N–H and O–H groups in total. The van der Waals surface area contributed by atoms with Crippen LogP contribution in [0.3, 0.4) is 0 Å². The highest BCUT2D eigenvalue weighted by Crippen LogP contribution is 2.30. The van der Waals surface area contributed by atoms with E-state index < -0.39 is 0 Å². The SMILES string of the molecule is [CH2]CC([CH]c1ccc(N2CCOCC2)cc1)(Cc1ccc(C)cc1)N(C)C. The highest BCUT2D eigenvalue weighted by molar-refractivity contribution is 5.49. The third kappa shape index (κ3) is 4.91. The van der Waals surface area contributed by atoms with Crippen LogP contribution in [0.2, 0.25) is 0 Å². The van der Waals surface area contributed by atoms with E-state index in [9.17, 15) is 0 Å². The third-order valence-electron chi connectivity index (χ3n) is 5.66. The normalized spacial score (nSPS) is 17.1. The highest BCUT2D eigenvalue weighted by atomic mass is 16.5. The second-order valence-corrected chi connectivity index (χ2v) is 7.75. The smallest absolute Gasteiger partial charge is 0.0642 e. The quantitative estimate of drug-likeness (QED) is 0.734. The lowest BCUT2D eigenvalue weighted by Crippen LogP contribution is -2.46. The van der Waals surface area contributed by atoms with Gasteiger partial charge < -0.3 is 14.5 Å². The topological polar surface area (TPSA) is 15.7 Å². The molecule has 3 heteroatoms. The van der Waals surface area contributed by atoms with Gasteiger partial charge in [-0.05, 0) is 57.1 Å². The first-order valence-corrected chi connectivity index (χ1v) is 9.83. The largest absolute Gasteiger partial charge is 0.378 e. The van der Waals surface area contributed by atoms with E-state index in [4.69, 9.17) is 4.74 Å². The molecule has 1 heterocycles. The summed E-state index contributed by atoms with van der Waals surface area (Å²) in [7, 11) is 4.30. The van der Waals surface area contributed by atoms with Gasteiger partial charge in [0.2, 0.25) is 0 Å². The Balaban J connectivity index is 1.76. The maximum Gasteiger partial charge on any atom is 0.0642 e. The van der Waals surface area contributed by atoms with Gasteiger partial charge in [-0.1, -0.05) is 48.9 Å². The fourth-order valence-electron chi connectivity index (χ4n) is 3.69. The van der Waals surface area contributed by atoms with Crippen molar-refractivity contribution in [2.75, 3.05) is 45.3 Å². The lowest BCUT2D eigenvalue weighted by molar-refractivity contribution is 0.122. The molecule has 1 aliphatic heterocycles. The van der Waals surface area contributed by atoms with Crippen LogP contribution in [-0.4, -0.2) is 50.8 Å². The summed E-state index contributed by atoms with van der Waals surface area (Å²) in [6, 6.07) is 17.8. The molecular formula is C24H32N2O. The fourth-order valence-corrected chi connectivity index (χ4v) is 3.69. The van der Waals surface area contributed by atoms with Crippen LogP contribution in [0.1, 0.15) is 23.1 Å². The Morgan fingerprint density at radius 3 is 2.22 bits per heavy atom. The molecule has 0 aromatic heterocycles. The van der Waals surface area contributed by atoms with E-state index in [1.807, 2.05) is 0 Å². The van der Waals surface area contributed by atoms with Crippen LogP contribution in [0, 0.1) is 20.3 Å². The zero-order valence-electron chi connectivity index (χ0n) is 16.9. The molecule has 2 aromatic carbocycles. The van der Waals surface area contributed by atoms with Crippen molar-refractivity contribution in [3.63, 3.8) is 0 Å². The van der Waals surface area contributed by atoms with Crippen molar-refractivity contribution in [1.82, 2.24) is 4.90 Å². The average molecular weight is 365 g/mol. The minimum atomic E-state index is -0.101. The maximum atomic E-state index is 5.46. The number of benzene rings is 2. The van der Waals surface area contributed by atoms with Gasteiger partial charge in [0.1, 0.15) is 0 Å². The number of hydrogen-bond acceptors (Lipinski definition) is 3. The molecule has 2 aromatic rings. The standard InChI is InChI=1S/C24H32N2O/c1-5-24(25(3)4,18-21-8-6-20(2)7-9-21)19-22-10-12-23(13-11-22)26-14-16-27-17-15-26/h6-13,19H,1,5,14-18H2,2-4H3. The Morgan fingerprint density at radius 1 is 1.04 bits per heavy atom. The van der Waals surface area contributed by atoms with Crippen molar-refractivity contribution in [3.8, 4) is 0 Å². The van der Waals surface area contributed by atoms with Gasteiger partial charge in [0.05, 0.1) is 13.2 Å². The average Bonchev–Trinajstić information content (AvgIpc) is 2.70. The summed E-state index contributed by atoms with van der Waals surface area (Å²) in [5.41, 5.74) is 5.07. The summed E-state index contributed by atoms with van der Waals surface area (Å²) in [6.45, 7) is 9.99. The van der Waals surface area contributed by atoms with Gasteiger partial charge in [-0.15, -0.1) is 0 Å². The number of anilines is 1. The van der Waals surface area contributed by atoms with Crippen molar-refractivity contribution < 1.29 is 4.74 Å². The van der Waals surface area contributed by atoms with E-state index in [2.05, 4.69) is 92.7 Å². The Morgan fingerprint density at radius 2 is 1.67 bits per heavy atom. The molecular weight excluding hydrogens is 332 g/mol. The van der Waals surface area contributed by atoms with E-state index in [1.165, 1.54) is 22.4 Å². The summed E-state index contributed by atoms with van der Waals surface area (Å²) >= 11 is 0. The molecule has 0 spiro atoms. The first kappa shape index (κ1) is 19.9. The van der Waals surface area contributed by atoms with Crippen LogP contribution in [-0.2, 0) is 11.2 Å². The molecule has 1 unspecified atom stereocenters. The van der Waals surface area contributed by atoms with Crippen molar-refractivity contribution >= 4 is 5.69 Å². The molecule has 1 aliphatic rings. The van der Waals surface area contributed by atoms with Gasteiger partial charge in [-0.2, -0.15) is 0 Å². The lowest BCUT2D eigenvalue weighted by atomic mass is 9.81. The summed E-state index contributed by atoms with van der Waals surface area (Å²) in [5.74, 6) is 0. The number of hydrogen-bond donors (Lipinski definition) is 0. The van der Waals surface area contributed by atoms with Gasteiger partial charge >= 0.3 is 0 Å². The predicted octanol–water partition coefficient (Wildman–Crippen LogP) is 4.15.